The zero-order chi connectivity index (χ0) is 28.7. The lowest BCUT2D eigenvalue weighted by Gasteiger charge is -2.33. The largest absolute Gasteiger partial charge is 0.385 e. The van der Waals surface area contributed by atoms with E-state index in [2.05, 4.69) is 60.0 Å². The van der Waals surface area contributed by atoms with E-state index in [-0.39, 0.29) is 12.1 Å². The Balaban J connectivity index is 1.23. The van der Waals surface area contributed by atoms with E-state index in [9.17, 15) is 4.79 Å². The highest BCUT2D eigenvalue weighted by Crippen LogP contribution is 2.39. The molecule has 3 fully saturated rings. The van der Waals surface area contributed by atoms with Gasteiger partial charge in [0.05, 0.1) is 23.1 Å². The Morgan fingerprint density at radius 1 is 0.857 bits per heavy atom. The van der Waals surface area contributed by atoms with E-state index in [1.165, 1.54) is 19.3 Å². The second-order valence-electron chi connectivity index (χ2n) is 12.3. The number of carbonyl (C=O) groups is 1. The van der Waals surface area contributed by atoms with Crippen molar-refractivity contribution in [1.29, 1.82) is 0 Å². The second kappa shape index (κ2) is 14.0. The molecule has 2 saturated heterocycles. The number of aryl methyl sites for hydroxylation is 1. The van der Waals surface area contributed by atoms with Gasteiger partial charge in [-0.1, -0.05) is 31.4 Å². The molecule has 4 aliphatic rings. The highest BCUT2D eigenvalue weighted by Gasteiger charge is 2.37. The van der Waals surface area contributed by atoms with Crippen LogP contribution >= 0.6 is 0 Å². The summed E-state index contributed by atoms with van der Waals surface area (Å²) < 4.78 is 11.1. The minimum Gasteiger partial charge on any atom is -0.385 e. The summed E-state index contributed by atoms with van der Waals surface area (Å²) in [7, 11) is 0. The van der Waals surface area contributed by atoms with E-state index in [1.54, 1.807) is 5.01 Å². The highest BCUT2D eigenvalue weighted by molar-refractivity contribution is 6.14. The van der Waals surface area contributed by atoms with Gasteiger partial charge in [-0.05, 0) is 94.3 Å². The van der Waals surface area contributed by atoms with Gasteiger partial charge in [-0.2, -0.15) is 5.10 Å². The summed E-state index contributed by atoms with van der Waals surface area (Å²) in [6.07, 6.45) is 10.9. The van der Waals surface area contributed by atoms with Gasteiger partial charge in [0.1, 0.15) is 0 Å². The predicted molar refractivity (Wildman–Crippen MR) is 169 cm³/mol. The molecule has 0 atom stereocenters. The van der Waals surface area contributed by atoms with E-state index < -0.39 is 0 Å². The molecule has 0 unspecified atom stereocenters. The zero-order valence-corrected chi connectivity index (χ0v) is 25.2. The van der Waals surface area contributed by atoms with Crippen molar-refractivity contribution in [2.24, 2.45) is 11.0 Å². The first-order valence-electron chi connectivity index (χ1n) is 16.2. The average molecular weight is 574 g/mol. The number of benzene rings is 2. The van der Waals surface area contributed by atoms with Gasteiger partial charge >= 0.3 is 6.03 Å². The van der Waals surface area contributed by atoms with E-state index >= 15 is 0 Å². The van der Waals surface area contributed by atoms with Crippen molar-refractivity contribution in [2.75, 3.05) is 49.7 Å². The number of ether oxygens (including phenoxy) is 2. The van der Waals surface area contributed by atoms with Gasteiger partial charge in [0.25, 0.3) is 0 Å². The Morgan fingerprint density at radius 3 is 2.31 bits per heavy atom. The molecule has 8 heteroatoms. The molecule has 2 N–H and O–H groups in total. The quantitative estimate of drug-likeness (QED) is 0.331. The van der Waals surface area contributed by atoms with Crippen LogP contribution in [0.4, 0.5) is 21.9 Å². The Kier molecular flexibility index (Phi) is 9.73. The van der Waals surface area contributed by atoms with Gasteiger partial charge in [0, 0.05) is 56.2 Å². The number of hydrazone groups is 1. The monoisotopic (exact) mass is 573 g/mol. The highest BCUT2D eigenvalue weighted by atomic mass is 16.5. The molecule has 3 aliphatic heterocycles. The number of urea groups is 1. The number of rotatable bonds is 9. The third-order valence-corrected chi connectivity index (χ3v) is 9.26. The summed E-state index contributed by atoms with van der Waals surface area (Å²) in [5.74, 6) is 0.378. The summed E-state index contributed by atoms with van der Waals surface area (Å²) in [6.45, 7) is 7.07. The van der Waals surface area contributed by atoms with Gasteiger partial charge < -0.3 is 20.1 Å². The minimum atomic E-state index is -0.0699. The molecule has 0 radical (unpaired) electrons. The van der Waals surface area contributed by atoms with Gasteiger partial charge in [0.2, 0.25) is 0 Å². The molecule has 42 heavy (non-hydrogen) atoms. The van der Waals surface area contributed by atoms with Crippen LogP contribution in [-0.4, -0.2) is 68.4 Å². The number of hydrogen-bond donors (Lipinski definition) is 2. The van der Waals surface area contributed by atoms with Gasteiger partial charge in [-0.15, -0.1) is 0 Å². The van der Waals surface area contributed by atoms with Crippen LogP contribution in [0.2, 0.25) is 0 Å². The van der Waals surface area contributed by atoms with Crippen molar-refractivity contribution < 1.29 is 14.3 Å². The first-order valence-corrected chi connectivity index (χ1v) is 16.2. The lowest BCUT2D eigenvalue weighted by atomic mass is 9.82. The van der Waals surface area contributed by atoms with E-state index in [0.29, 0.717) is 25.2 Å². The third kappa shape index (κ3) is 6.82. The Labute approximate surface area is 250 Å². The van der Waals surface area contributed by atoms with Crippen molar-refractivity contribution in [3.05, 3.63) is 53.6 Å². The van der Waals surface area contributed by atoms with Crippen LogP contribution in [0, 0.1) is 12.8 Å². The normalized spacial score (nSPS) is 21.2. The molecule has 6 rings (SSSR count). The van der Waals surface area contributed by atoms with Crippen LogP contribution in [0.5, 0.6) is 0 Å². The summed E-state index contributed by atoms with van der Waals surface area (Å²) in [5, 5.41) is 14.3. The van der Waals surface area contributed by atoms with Crippen molar-refractivity contribution in [3.8, 4) is 0 Å². The first-order chi connectivity index (χ1) is 20.7. The summed E-state index contributed by atoms with van der Waals surface area (Å²) in [5.41, 5.74) is 6.20. The van der Waals surface area contributed by atoms with Crippen LogP contribution in [-0.2, 0) is 9.47 Å². The SMILES string of the molecule is Cc1ccc2c(c1)N(c1ccc(NCCCNC3CCOCC3)cc1)C(=O)N(C1CCOCC1)N=C2C1CCCCC1. The molecule has 1 saturated carbocycles. The fourth-order valence-corrected chi connectivity index (χ4v) is 6.81. The molecule has 3 heterocycles. The molecule has 2 amide bonds. The molecule has 0 aromatic heterocycles. The predicted octanol–water partition coefficient (Wildman–Crippen LogP) is 6.60. The van der Waals surface area contributed by atoms with Crippen LogP contribution in [0.1, 0.15) is 75.3 Å². The van der Waals surface area contributed by atoms with Crippen molar-refractivity contribution in [3.63, 3.8) is 0 Å². The van der Waals surface area contributed by atoms with E-state index in [0.717, 1.165) is 105 Å². The fraction of sp³-hybridized carbons (Fsp3) is 0.588. The standard InChI is InChI=1S/C34H47N5O3/c1-25-8-13-31-32(24-25)38(29-11-9-27(10-12-29)35-18-5-19-36-28-14-20-41-21-15-28)34(40)39(30-16-22-42-23-17-30)37-33(31)26-6-3-2-4-7-26/h8-13,24,26,28,30,35-36H,2-7,14-23H2,1H3. The van der Waals surface area contributed by atoms with Gasteiger partial charge in [0.15, 0.2) is 0 Å². The molecular formula is C34H47N5O3. The first kappa shape index (κ1) is 29.1. The van der Waals surface area contributed by atoms with Crippen molar-refractivity contribution in [1.82, 2.24) is 10.3 Å². The summed E-state index contributed by atoms with van der Waals surface area (Å²) >= 11 is 0. The Bertz CT molecular complexity index is 1210. The van der Waals surface area contributed by atoms with Crippen LogP contribution < -0.4 is 15.5 Å². The van der Waals surface area contributed by atoms with Crippen LogP contribution in [0.25, 0.3) is 0 Å². The smallest absolute Gasteiger partial charge is 0.349 e. The molecular weight excluding hydrogens is 526 g/mol. The molecule has 2 aromatic carbocycles. The van der Waals surface area contributed by atoms with E-state index in [4.69, 9.17) is 14.6 Å². The minimum absolute atomic E-state index is 0.0402. The summed E-state index contributed by atoms with van der Waals surface area (Å²) in [6, 6.07) is 15.4. The Morgan fingerprint density at radius 2 is 1.57 bits per heavy atom. The third-order valence-electron chi connectivity index (χ3n) is 9.26. The maximum atomic E-state index is 14.5. The number of carbonyl (C=O) groups excluding carboxylic acids is 1. The number of nitrogens with zero attached hydrogens (tertiary/aromatic N) is 3. The maximum absolute atomic E-state index is 14.5. The maximum Gasteiger partial charge on any atom is 0.349 e. The van der Waals surface area contributed by atoms with Crippen LogP contribution in [0.3, 0.4) is 0 Å². The van der Waals surface area contributed by atoms with Crippen LogP contribution in [0.15, 0.2) is 47.6 Å². The molecule has 8 nitrogen and oxygen atoms in total. The van der Waals surface area contributed by atoms with Crippen molar-refractivity contribution >= 4 is 28.8 Å². The number of fused-ring (bicyclic) bond motifs is 1. The number of amides is 2. The topological polar surface area (TPSA) is 78.4 Å². The fourth-order valence-electron chi connectivity index (χ4n) is 6.81. The lowest BCUT2D eigenvalue weighted by Crippen LogP contribution is -2.45. The second-order valence-corrected chi connectivity index (χ2v) is 12.3. The lowest BCUT2D eigenvalue weighted by molar-refractivity contribution is 0.0480. The molecule has 226 valence electrons. The number of hydrogen-bond acceptors (Lipinski definition) is 6. The van der Waals surface area contributed by atoms with Gasteiger partial charge in [-0.25, -0.2) is 9.80 Å². The molecule has 0 bridgehead atoms. The average Bonchev–Trinajstić information content (AvgIpc) is 3.16. The van der Waals surface area contributed by atoms with Crippen molar-refractivity contribution in [2.45, 2.75) is 83.2 Å². The molecule has 1 aliphatic carbocycles. The molecule has 2 aromatic rings. The number of nitrogens with one attached hydrogen (secondary N) is 2. The summed E-state index contributed by atoms with van der Waals surface area (Å²) in [4.78, 5) is 16.4. The van der Waals surface area contributed by atoms with Gasteiger partial charge in [-0.3, -0.25) is 4.90 Å². The molecule has 0 spiro atoms. The Hall–Kier alpha value is -2.94. The number of anilines is 3. The van der Waals surface area contributed by atoms with E-state index in [1.807, 2.05) is 4.90 Å². The zero-order valence-electron chi connectivity index (χ0n) is 25.2.